The van der Waals surface area contributed by atoms with Crippen LogP contribution in [0.2, 0.25) is 0 Å². The Hall–Kier alpha value is -2.44. The fourth-order valence-corrected chi connectivity index (χ4v) is 1.86. The first-order valence-corrected chi connectivity index (χ1v) is 6.34. The molecule has 2 aromatic rings. The van der Waals surface area contributed by atoms with E-state index >= 15 is 0 Å². The number of nitrogens with zero attached hydrogens (tertiary/aromatic N) is 4. The SMILES string of the molecule is CC(C)(NC(N)=O)c1cn(CCc2cccnc2)nn1. The van der Waals surface area contributed by atoms with Gasteiger partial charge in [-0.15, -0.1) is 5.10 Å². The van der Waals surface area contributed by atoms with Gasteiger partial charge in [0.1, 0.15) is 5.69 Å². The molecule has 0 spiro atoms. The first kappa shape index (κ1) is 14.0. The van der Waals surface area contributed by atoms with Gasteiger partial charge in [-0.05, 0) is 31.9 Å². The molecule has 20 heavy (non-hydrogen) atoms. The molecule has 3 N–H and O–H groups in total. The Morgan fingerprint density at radius 2 is 2.30 bits per heavy atom. The summed E-state index contributed by atoms with van der Waals surface area (Å²) in [6, 6.07) is 3.34. The van der Waals surface area contributed by atoms with Crippen LogP contribution >= 0.6 is 0 Å². The van der Waals surface area contributed by atoms with Crippen LogP contribution in [0.5, 0.6) is 0 Å². The Balaban J connectivity index is 2.00. The molecule has 0 aliphatic rings. The lowest BCUT2D eigenvalue weighted by molar-refractivity contribution is 0.238. The van der Waals surface area contributed by atoms with Crippen LogP contribution < -0.4 is 11.1 Å². The Kier molecular flexibility index (Phi) is 3.97. The van der Waals surface area contributed by atoms with Crippen LogP contribution in [0, 0.1) is 0 Å². The molecule has 0 saturated heterocycles. The van der Waals surface area contributed by atoms with Crippen LogP contribution in [0.25, 0.3) is 0 Å². The van der Waals surface area contributed by atoms with Crippen molar-refractivity contribution in [3.05, 3.63) is 42.0 Å². The largest absolute Gasteiger partial charge is 0.352 e. The number of amides is 2. The molecule has 0 radical (unpaired) electrons. The zero-order valence-corrected chi connectivity index (χ0v) is 11.6. The van der Waals surface area contributed by atoms with E-state index in [1.54, 1.807) is 10.9 Å². The number of aryl methyl sites for hydroxylation is 2. The predicted octanol–water partition coefficient (Wildman–Crippen LogP) is 0.819. The lowest BCUT2D eigenvalue weighted by Gasteiger charge is -2.21. The average Bonchev–Trinajstić information content (AvgIpc) is 2.86. The minimum Gasteiger partial charge on any atom is -0.352 e. The number of urea groups is 1. The van der Waals surface area contributed by atoms with E-state index < -0.39 is 11.6 Å². The third-order valence-corrected chi connectivity index (χ3v) is 2.97. The molecule has 2 amide bonds. The number of nitrogens with one attached hydrogen (secondary N) is 1. The maximum absolute atomic E-state index is 11.0. The molecule has 2 heterocycles. The summed E-state index contributed by atoms with van der Waals surface area (Å²) in [5, 5.41) is 10.8. The number of aromatic nitrogens is 4. The second-order valence-corrected chi connectivity index (χ2v) is 5.09. The van der Waals surface area contributed by atoms with E-state index in [1.807, 2.05) is 38.4 Å². The highest BCUT2D eigenvalue weighted by molar-refractivity contribution is 5.72. The molecule has 2 rings (SSSR count). The van der Waals surface area contributed by atoms with Crippen molar-refractivity contribution in [2.75, 3.05) is 0 Å². The molecule has 7 nitrogen and oxygen atoms in total. The number of pyridine rings is 1. The number of hydrogen-bond donors (Lipinski definition) is 2. The second kappa shape index (κ2) is 5.68. The van der Waals surface area contributed by atoms with Gasteiger partial charge in [-0.1, -0.05) is 11.3 Å². The monoisotopic (exact) mass is 274 g/mol. The first-order chi connectivity index (χ1) is 9.47. The molecule has 0 unspecified atom stereocenters. The summed E-state index contributed by atoms with van der Waals surface area (Å²) in [4.78, 5) is 15.0. The van der Waals surface area contributed by atoms with E-state index in [4.69, 9.17) is 5.73 Å². The van der Waals surface area contributed by atoms with Gasteiger partial charge in [0, 0.05) is 18.9 Å². The minimum absolute atomic E-state index is 0.583. The van der Waals surface area contributed by atoms with Gasteiger partial charge < -0.3 is 11.1 Å². The Morgan fingerprint density at radius 1 is 1.50 bits per heavy atom. The zero-order valence-electron chi connectivity index (χ0n) is 11.6. The van der Waals surface area contributed by atoms with Crippen molar-refractivity contribution in [2.45, 2.75) is 32.4 Å². The maximum atomic E-state index is 11.0. The van der Waals surface area contributed by atoms with Crippen LogP contribution in [-0.4, -0.2) is 26.0 Å². The van der Waals surface area contributed by atoms with Gasteiger partial charge in [0.25, 0.3) is 0 Å². The Labute approximate surface area is 117 Å². The van der Waals surface area contributed by atoms with E-state index in [0.717, 1.165) is 12.0 Å². The molecule has 0 aliphatic heterocycles. The summed E-state index contributed by atoms with van der Waals surface area (Å²) in [5.41, 5.74) is 6.31. The summed E-state index contributed by atoms with van der Waals surface area (Å²) in [6.07, 6.45) is 6.21. The maximum Gasteiger partial charge on any atom is 0.312 e. The number of carbonyl (C=O) groups is 1. The topological polar surface area (TPSA) is 98.7 Å². The highest BCUT2D eigenvalue weighted by atomic mass is 16.2. The van der Waals surface area contributed by atoms with Crippen LogP contribution in [0.1, 0.15) is 25.1 Å². The van der Waals surface area contributed by atoms with Gasteiger partial charge in [-0.25, -0.2) is 4.79 Å². The van der Waals surface area contributed by atoms with Crippen molar-refractivity contribution in [2.24, 2.45) is 5.73 Å². The summed E-state index contributed by atoms with van der Waals surface area (Å²) in [5.74, 6) is 0. The number of primary amides is 1. The van der Waals surface area contributed by atoms with Gasteiger partial charge >= 0.3 is 6.03 Å². The van der Waals surface area contributed by atoms with Crippen molar-refractivity contribution in [3.8, 4) is 0 Å². The van der Waals surface area contributed by atoms with Gasteiger partial charge in [0.2, 0.25) is 0 Å². The molecule has 0 atom stereocenters. The summed E-state index contributed by atoms with van der Waals surface area (Å²) in [7, 11) is 0. The number of nitrogens with two attached hydrogens (primary N) is 1. The fourth-order valence-electron chi connectivity index (χ4n) is 1.86. The average molecular weight is 274 g/mol. The van der Waals surface area contributed by atoms with Crippen molar-refractivity contribution >= 4 is 6.03 Å². The molecule has 0 saturated carbocycles. The van der Waals surface area contributed by atoms with E-state index in [0.29, 0.717) is 12.2 Å². The normalized spacial score (nSPS) is 11.3. The van der Waals surface area contributed by atoms with Crippen LogP contribution in [0.4, 0.5) is 4.79 Å². The first-order valence-electron chi connectivity index (χ1n) is 6.34. The number of carbonyl (C=O) groups excluding carboxylic acids is 1. The summed E-state index contributed by atoms with van der Waals surface area (Å²) in [6.45, 7) is 4.35. The van der Waals surface area contributed by atoms with E-state index in [-0.39, 0.29) is 0 Å². The molecule has 0 fully saturated rings. The van der Waals surface area contributed by atoms with Gasteiger partial charge in [0.05, 0.1) is 11.7 Å². The van der Waals surface area contributed by atoms with Gasteiger partial charge in [-0.2, -0.15) is 0 Å². The molecule has 2 aromatic heterocycles. The third-order valence-electron chi connectivity index (χ3n) is 2.97. The third kappa shape index (κ3) is 3.53. The highest BCUT2D eigenvalue weighted by Crippen LogP contribution is 2.16. The van der Waals surface area contributed by atoms with Crippen molar-refractivity contribution < 1.29 is 4.79 Å². The lowest BCUT2D eigenvalue weighted by atomic mass is 10.0. The van der Waals surface area contributed by atoms with Crippen LogP contribution in [0.3, 0.4) is 0 Å². The smallest absolute Gasteiger partial charge is 0.312 e. The quantitative estimate of drug-likeness (QED) is 0.843. The van der Waals surface area contributed by atoms with E-state index in [1.165, 1.54) is 0 Å². The molecular formula is C13H18N6O. The molecule has 106 valence electrons. The predicted molar refractivity (Wildman–Crippen MR) is 73.7 cm³/mol. The van der Waals surface area contributed by atoms with Crippen LogP contribution in [0.15, 0.2) is 30.7 Å². The van der Waals surface area contributed by atoms with Crippen molar-refractivity contribution in [1.29, 1.82) is 0 Å². The minimum atomic E-state index is -0.640. The number of hydrogen-bond acceptors (Lipinski definition) is 4. The molecule has 0 aromatic carbocycles. The highest BCUT2D eigenvalue weighted by Gasteiger charge is 2.25. The summed E-state index contributed by atoms with van der Waals surface area (Å²) >= 11 is 0. The van der Waals surface area contributed by atoms with Gasteiger partial charge in [0.15, 0.2) is 0 Å². The Morgan fingerprint density at radius 3 is 2.95 bits per heavy atom. The van der Waals surface area contributed by atoms with Crippen molar-refractivity contribution in [3.63, 3.8) is 0 Å². The van der Waals surface area contributed by atoms with Crippen molar-refractivity contribution in [1.82, 2.24) is 25.3 Å². The van der Waals surface area contributed by atoms with E-state index in [9.17, 15) is 4.79 Å². The molecular weight excluding hydrogens is 256 g/mol. The molecule has 7 heteroatoms. The Bertz CT molecular complexity index is 578. The molecule has 0 aliphatic carbocycles. The number of rotatable bonds is 5. The van der Waals surface area contributed by atoms with Gasteiger partial charge in [-0.3, -0.25) is 9.67 Å². The summed E-state index contributed by atoms with van der Waals surface area (Å²) < 4.78 is 1.74. The van der Waals surface area contributed by atoms with Crippen LogP contribution in [-0.2, 0) is 18.5 Å². The zero-order chi connectivity index (χ0) is 14.6. The molecule has 0 bridgehead atoms. The standard InChI is InChI=1S/C13H18N6O/c1-13(2,16-12(14)20)11-9-19(18-17-11)7-5-10-4-3-6-15-8-10/h3-4,6,8-9H,5,7H2,1-2H3,(H3,14,16,20). The second-order valence-electron chi connectivity index (χ2n) is 5.09. The fraction of sp³-hybridized carbons (Fsp3) is 0.385. The lowest BCUT2D eigenvalue weighted by Crippen LogP contribution is -2.44. The van der Waals surface area contributed by atoms with E-state index in [2.05, 4.69) is 20.6 Å².